The van der Waals surface area contributed by atoms with Crippen LogP contribution in [-0.2, 0) is 0 Å². The summed E-state index contributed by atoms with van der Waals surface area (Å²) >= 11 is 6.06. The van der Waals surface area contributed by atoms with Crippen molar-refractivity contribution in [2.75, 3.05) is 0 Å². The molecule has 2 rings (SSSR count). The maximum Gasteiger partial charge on any atom is 0.150 e. The fraction of sp³-hybridized carbons (Fsp3) is 0.133. The van der Waals surface area contributed by atoms with Crippen molar-refractivity contribution in [3.8, 4) is 11.5 Å². The number of carbonyl (C=O) groups is 1. The van der Waals surface area contributed by atoms with Gasteiger partial charge in [0.2, 0.25) is 0 Å². The molecule has 0 saturated heterocycles. The number of halogens is 1. The third-order valence-electron chi connectivity index (χ3n) is 2.68. The van der Waals surface area contributed by atoms with E-state index in [1.54, 1.807) is 18.2 Å². The summed E-state index contributed by atoms with van der Waals surface area (Å²) in [6, 6.07) is 10.9. The van der Waals surface area contributed by atoms with Crippen LogP contribution in [0.1, 0.15) is 21.5 Å². The van der Waals surface area contributed by atoms with Crippen LogP contribution in [0.3, 0.4) is 0 Å². The molecular weight excluding hydrogens is 248 g/mol. The molecule has 0 spiro atoms. The zero-order valence-electron chi connectivity index (χ0n) is 10.2. The average molecular weight is 261 g/mol. The Hall–Kier alpha value is -1.80. The lowest BCUT2D eigenvalue weighted by Crippen LogP contribution is -1.90. The molecule has 0 radical (unpaired) electrons. The first-order valence-corrected chi connectivity index (χ1v) is 5.98. The van der Waals surface area contributed by atoms with Crippen LogP contribution in [0.25, 0.3) is 0 Å². The molecule has 0 atom stereocenters. The largest absolute Gasteiger partial charge is 0.456 e. The quantitative estimate of drug-likeness (QED) is 0.756. The Kier molecular flexibility index (Phi) is 3.68. The van der Waals surface area contributed by atoms with E-state index in [-0.39, 0.29) is 0 Å². The lowest BCUT2D eigenvalue weighted by molar-refractivity contribution is 0.112. The van der Waals surface area contributed by atoms with E-state index in [0.717, 1.165) is 17.4 Å². The minimum atomic E-state index is 0.567. The number of aryl methyl sites for hydroxylation is 2. The summed E-state index contributed by atoms with van der Waals surface area (Å²) in [7, 11) is 0. The molecule has 3 heteroatoms. The Balaban J connectivity index is 2.31. The van der Waals surface area contributed by atoms with Crippen LogP contribution in [0.15, 0.2) is 36.4 Å². The molecule has 0 aromatic heterocycles. The van der Waals surface area contributed by atoms with Crippen LogP contribution >= 0.6 is 11.6 Å². The van der Waals surface area contributed by atoms with Gasteiger partial charge in [0.25, 0.3) is 0 Å². The molecule has 0 heterocycles. The van der Waals surface area contributed by atoms with Crippen LogP contribution in [0.2, 0.25) is 5.02 Å². The normalized spacial score (nSPS) is 10.2. The van der Waals surface area contributed by atoms with Crippen LogP contribution in [0.4, 0.5) is 0 Å². The molecule has 18 heavy (non-hydrogen) atoms. The third-order valence-corrected chi connectivity index (χ3v) is 2.99. The van der Waals surface area contributed by atoms with Gasteiger partial charge in [-0.2, -0.15) is 0 Å². The molecular formula is C15H13ClO2. The van der Waals surface area contributed by atoms with Gasteiger partial charge in [0.15, 0.2) is 0 Å². The molecule has 0 fully saturated rings. The van der Waals surface area contributed by atoms with Gasteiger partial charge in [0, 0.05) is 5.56 Å². The molecule has 0 amide bonds. The molecule has 0 aliphatic heterocycles. The zero-order valence-corrected chi connectivity index (χ0v) is 11.0. The highest BCUT2D eigenvalue weighted by Gasteiger charge is 2.05. The van der Waals surface area contributed by atoms with Crippen molar-refractivity contribution < 1.29 is 9.53 Å². The van der Waals surface area contributed by atoms with Crippen LogP contribution < -0.4 is 4.74 Å². The van der Waals surface area contributed by atoms with E-state index < -0.39 is 0 Å². The van der Waals surface area contributed by atoms with E-state index in [4.69, 9.17) is 16.3 Å². The number of hydrogen-bond donors (Lipinski definition) is 0. The van der Waals surface area contributed by atoms with Crippen molar-refractivity contribution in [1.82, 2.24) is 0 Å². The Bertz CT molecular complexity index is 591. The number of benzene rings is 2. The summed E-state index contributed by atoms with van der Waals surface area (Å²) in [6.45, 7) is 3.85. The number of rotatable bonds is 3. The topological polar surface area (TPSA) is 26.3 Å². The molecule has 0 unspecified atom stereocenters. The fourth-order valence-electron chi connectivity index (χ4n) is 1.66. The lowest BCUT2D eigenvalue weighted by atomic mass is 10.1. The minimum absolute atomic E-state index is 0.567. The number of aldehydes is 1. The highest BCUT2D eigenvalue weighted by atomic mass is 35.5. The van der Waals surface area contributed by atoms with Crippen LogP contribution in [0, 0.1) is 13.8 Å². The van der Waals surface area contributed by atoms with E-state index in [9.17, 15) is 4.79 Å². The monoisotopic (exact) mass is 260 g/mol. The highest BCUT2D eigenvalue weighted by molar-refractivity contribution is 6.32. The second kappa shape index (κ2) is 5.23. The van der Waals surface area contributed by atoms with Crippen molar-refractivity contribution >= 4 is 17.9 Å². The molecule has 0 N–H and O–H groups in total. The minimum Gasteiger partial charge on any atom is -0.456 e. The maximum atomic E-state index is 10.7. The molecule has 0 bridgehead atoms. The molecule has 0 saturated carbocycles. The van der Waals surface area contributed by atoms with Gasteiger partial charge >= 0.3 is 0 Å². The van der Waals surface area contributed by atoms with Crippen LogP contribution in [-0.4, -0.2) is 6.29 Å². The van der Waals surface area contributed by atoms with E-state index in [1.165, 1.54) is 0 Å². The average Bonchev–Trinajstić information content (AvgIpc) is 2.34. The molecule has 2 nitrogen and oxygen atoms in total. The predicted molar refractivity (Wildman–Crippen MR) is 72.8 cm³/mol. The summed E-state index contributed by atoms with van der Waals surface area (Å²) in [4.78, 5) is 10.7. The van der Waals surface area contributed by atoms with E-state index >= 15 is 0 Å². The van der Waals surface area contributed by atoms with Gasteiger partial charge < -0.3 is 4.74 Å². The first kappa shape index (κ1) is 12.7. The Morgan fingerprint density at radius 1 is 1.11 bits per heavy atom. The van der Waals surface area contributed by atoms with Gasteiger partial charge in [0.1, 0.15) is 17.8 Å². The molecule has 0 aliphatic carbocycles. The van der Waals surface area contributed by atoms with Crippen molar-refractivity contribution in [3.63, 3.8) is 0 Å². The first-order valence-electron chi connectivity index (χ1n) is 5.60. The summed E-state index contributed by atoms with van der Waals surface area (Å²) < 4.78 is 5.72. The van der Waals surface area contributed by atoms with Crippen molar-refractivity contribution in [1.29, 1.82) is 0 Å². The first-order chi connectivity index (χ1) is 8.60. The number of ether oxygens (including phenoxy) is 1. The second-order valence-electron chi connectivity index (χ2n) is 4.17. The van der Waals surface area contributed by atoms with Gasteiger partial charge in [0.05, 0.1) is 5.02 Å². The Labute approximate surface area is 111 Å². The number of carbonyl (C=O) groups excluding carboxylic acids is 1. The van der Waals surface area contributed by atoms with Gasteiger partial charge in [-0.1, -0.05) is 17.7 Å². The van der Waals surface area contributed by atoms with Gasteiger partial charge in [-0.3, -0.25) is 4.79 Å². The van der Waals surface area contributed by atoms with E-state index in [1.807, 2.05) is 32.0 Å². The highest BCUT2D eigenvalue weighted by Crippen LogP contribution is 2.30. The van der Waals surface area contributed by atoms with Gasteiger partial charge in [-0.05, 0) is 55.3 Å². The summed E-state index contributed by atoms with van der Waals surface area (Å²) in [5.41, 5.74) is 2.62. The smallest absolute Gasteiger partial charge is 0.150 e. The molecule has 2 aromatic carbocycles. The lowest BCUT2D eigenvalue weighted by Gasteiger charge is -2.09. The second-order valence-corrected chi connectivity index (χ2v) is 4.58. The number of hydrogen-bond acceptors (Lipinski definition) is 2. The molecule has 0 aliphatic rings. The van der Waals surface area contributed by atoms with Gasteiger partial charge in [-0.15, -0.1) is 0 Å². The third kappa shape index (κ3) is 2.71. The summed E-state index contributed by atoms with van der Waals surface area (Å²) in [5, 5.41) is 0.567. The summed E-state index contributed by atoms with van der Waals surface area (Å²) in [5.74, 6) is 1.29. The maximum absolute atomic E-state index is 10.7. The van der Waals surface area contributed by atoms with E-state index in [0.29, 0.717) is 22.1 Å². The van der Waals surface area contributed by atoms with Crippen molar-refractivity contribution in [2.24, 2.45) is 0 Å². The Morgan fingerprint density at radius 3 is 2.56 bits per heavy atom. The SMILES string of the molecule is Cc1ccc(Cl)c(Oc2ccc(C=O)c(C)c2)c1. The van der Waals surface area contributed by atoms with Crippen molar-refractivity contribution in [2.45, 2.75) is 13.8 Å². The zero-order chi connectivity index (χ0) is 13.1. The predicted octanol–water partition coefficient (Wildman–Crippen LogP) is 4.56. The van der Waals surface area contributed by atoms with Crippen molar-refractivity contribution in [3.05, 3.63) is 58.1 Å². The summed E-state index contributed by atoms with van der Waals surface area (Å²) in [6.07, 6.45) is 0.832. The Morgan fingerprint density at radius 2 is 1.89 bits per heavy atom. The molecule has 92 valence electrons. The van der Waals surface area contributed by atoms with Gasteiger partial charge in [-0.25, -0.2) is 0 Å². The van der Waals surface area contributed by atoms with E-state index in [2.05, 4.69) is 0 Å². The fourth-order valence-corrected chi connectivity index (χ4v) is 1.82. The molecule has 2 aromatic rings. The van der Waals surface area contributed by atoms with Crippen LogP contribution in [0.5, 0.6) is 11.5 Å². The standard InChI is InChI=1S/C15H13ClO2/c1-10-3-6-14(16)15(7-10)18-13-5-4-12(9-17)11(2)8-13/h3-9H,1-2H3.